The summed E-state index contributed by atoms with van der Waals surface area (Å²) < 4.78 is 0. The van der Waals surface area contributed by atoms with E-state index in [4.69, 9.17) is 0 Å². The summed E-state index contributed by atoms with van der Waals surface area (Å²) in [6.07, 6.45) is 3.19. The van der Waals surface area contributed by atoms with Crippen LogP contribution in [-0.2, 0) is 11.8 Å². The maximum atomic E-state index is 2.65. The second kappa shape index (κ2) is 18.3. The fraction of sp³-hybridized carbons (Fsp3) is 0.118. The van der Waals surface area contributed by atoms with Gasteiger partial charge in [-0.05, 0) is 127 Å². The summed E-state index contributed by atoms with van der Waals surface area (Å²) in [5.41, 5.74) is 25.8. The maximum absolute atomic E-state index is 2.65. The van der Waals surface area contributed by atoms with Gasteiger partial charge in [0, 0.05) is 39.6 Å². The Morgan fingerprint density at radius 1 is 0.366 bits per heavy atom. The molecule has 0 bridgehead atoms. The Morgan fingerprint density at radius 3 is 1.23 bits per heavy atom. The molecule has 0 saturated heterocycles. The molecule has 2 heterocycles. The number of aryl methyl sites for hydroxylation is 1. The van der Waals surface area contributed by atoms with Crippen molar-refractivity contribution in [2.45, 2.75) is 52.4 Å². The van der Waals surface area contributed by atoms with Crippen molar-refractivity contribution in [1.29, 1.82) is 0 Å². The van der Waals surface area contributed by atoms with Gasteiger partial charge in [0.1, 0.15) is 0 Å². The summed E-state index contributed by atoms with van der Waals surface area (Å²) in [7, 11) is 0. The quantitative estimate of drug-likeness (QED) is 0.126. The van der Waals surface area contributed by atoms with E-state index in [0.717, 1.165) is 19.3 Å². The van der Waals surface area contributed by atoms with Gasteiger partial charge >= 0.3 is 0 Å². The molecule has 0 aliphatic carbocycles. The van der Waals surface area contributed by atoms with Crippen LogP contribution in [0.3, 0.4) is 0 Å². The van der Waals surface area contributed by atoms with Gasteiger partial charge in [-0.3, -0.25) is 0 Å². The fourth-order valence-electron chi connectivity index (χ4n) is 11.2. The number of benzene rings is 10. The normalized spacial score (nSPS) is 12.6. The van der Waals surface area contributed by atoms with Crippen LogP contribution in [0.2, 0.25) is 0 Å². The summed E-state index contributed by atoms with van der Waals surface area (Å²) in [4.78, 5) is 5.31. The summed E-state index contributed by atoms with van der Waals surface area (Å²) in [5, 5.41) is 0. The molecule has 10 aromatic carbocycles. The molecule has 0 amide bonds. The van der Waals surface area contributed by atoms with Crippen LogP contribution in [0, 0.1) is 0 Å². The van der Waals surface area contributed by atoms with Crippen molar-refractivity contribution in [2.24, 2.45) is 0 Å². The third-order valence-corrected chi connectivity index (χ3v) is 14.8. The van der Waals surface area contributed by atoms with E-state index in [-0.39, 0.29) is 12.1 Å². The first-order chi connectivity index (χ1) is 34.8. The number of rotatable bonds is 10. The average molecular weight is 913 g/mol. The highest BCUT2D eigenvalue weighted by molar-refractivity contribution is 7.00. The van der Waals surface area contributed by atoms with Crippen LogP contribution in [0.4, 0.5) is 34.1 Å². The molecule has 0 saturated carbocycles. The van der Waals surface area contributed by atoms with Gasteiger partial charge in [-0.1, -0.05) is 234 Å². The third kappa shape index (κ3) is 7.96. The fourth-order valence-corrected chi connectivity index (χ4v) is 11.2. The Morgan fingerprint density at radius 2 is 0.775 bits per heavy atom. The van der Waals surface area contributed by atoms with Crippen LogP contribution in [0.15, 0.2) is 237 Å². The first kappa shape index (κ1) is 44.1. The number of fused-ring (bicyclic) bond motifs is 4. The molecule has 2 nitrogen and oxygen atoms in total. The van der Waals surface area contributed by atoms with Crippen LogP contribution in [0.25, 0.3) is 55.6 Å². The Bertz CT molecular complexity index is 3490. The van der Waals surface area contributed by atoms with E-state index in [9.17, 15) is 0 Å². The molecule has 0 unspecified atom stereocenters. The highest BCUT2D eigenvalue weighted by atomic mass is 15.2. The van der Waals surface area contributed by atoms with Gasteiger partial charge < -0.3 is 9.80 Å². The topological polar surface area (TPSA) is 6.48 Å². The lowest BCUT2D eigenvalue weighted by atomic mass is 9.33. The zero-order valence-corrected chi connectivity index (χ0v) is 41.1. The molecule has 0 fully saturated rings. The van der Waals surface area contributed by atoms with Crippen molar-refractivity contribution in [2.75, 3.05) is 9.80 Å². The highest BCUT2D eigenvalue weighted by Gasteiger charge is 2.45. The molecule has 12 rings (SSSR count). The van der Waals surface area contributed by atoms with Gasteiger partial charge in [-0.25, -0.2) is 0 Å². The lowest BCUT2D eigenvalue weighted by molar-refractivity contribution is 0.590. The van der Waals surface area contributed by atoms with E-state index < -0.39 is 0 Å². The number of anilines is 6. The Labute approximate surface area is 420 Å². The van der Waals surface area contributed by atoms with Crippen LogP contribution < -0.4 is 26.2 Å². The Balaban J connectivity index is 1.23. The molecular formula is C68H57BN2. The summed E-state index contributed by atoms with van der Waals surface area (Å²) in [6.45, 7) is 9.34. The van der Waals surface area contributed by atoms with E-state index in [0.29, 0.717) is 0 Å². The van der Waals surface area contributed by atoms with Crippen LogP contribution in [0.5, 0.6) is 0 Å². The van der Waals surface area contributed by atoms with E-state index in [1.165, 1.54) is 117 Å². The molecule has 0 spiro atoms. The van der Waals surface area contributed by atoms with Gasteiger partial charge in [0.05, 0.1) is 5.69 Å². The number of hydrogen-bond acceptors (Lipinski definition) is 2. The van der Waals surface area contributed by atoms with Crippen LogP contribution in [0.1, 0.15) is 51.7 Å². The molecule has 0 atom stereocenters. The van der Waals surface area contributed by atoms with Gasteiger partial charge in [-0.2, -0.15) is 0 Å². The first-order valence-electron chi connectivity index (χ1n) is 25.4. The summed E-state index contributed by atoms with van der Waals surface area (Å²) >= 11 is 0. The van der Waals surface area contributed by atoms with Gasteiger partial charge in [0.2, 0.25) is 0 Å². The molecule has 10 aromatic rings. The Kier molecular flexibility index (Phi) is 11.4. The third-order valence-electron chi connectivity index (χ3n) is 14.8. The standard InChI is InChI=1S/C68H57BN2/c1-5-6-23-55-42-52(47-24-12-7-13-25-47)36-39-61(55)70-62-40-37-53(48-26-14-8-15-27-48)43-59(62)69-60-44-54(49-28-16-9-17-29-49)38-41-63(60)71(65-46-56(68(2,3)4)45-64(70)66(65)69)67-57(50-30-18-10-19-31-50)34-22-35-58(67)51-32-20-11-21-33-51/h7-22,24-46H,5-6,23H2,1-4H3. The lowest BCUT2D eigenvalue weighted by Gasteiger charge is -2.46. The van der Waals surface area contributed by atoms with E-state index in [1.54, 1.807) is 0 Å². The van der Waals surface area contributed by atoms with E-state index >= 15 is 0 Å². The van der Waals surface area contributed by atoms with E-state index in [2.05, 4.69) is 274 Å². The van der Waals surface area contributed by atoms with Crippen molar-refractivity contribution >= 4 is 57.2 Å². The maximum Gasteiger partial charge on any atom is 0.252 e. The van der Waals surface area contributed by atoms with Gasteiger partial charge in [0.25, 0.3) is 6.71 Å². The van der Waals surface area contributed by atoms with Crippen molar-refractivity contribution in [3.8, 4) is 55.6 Å². The number of nitrogens with zero attached hydrogens (tertiary/aromatic N) is 2. The van der Waals surface area contributed by atoms with Gasteiger partial charge in [-0.15, -0.1) is 0 Å². The Hall–Kier alpha value is -8.14. The second-order valence-electron chi connectivity index (χ2n) is 20.3. The lowest BCUT2D eigenvalue weighted by Crippen LogP contribution is -2.61. The average Bonchev–Trinajstić information content (AvgIpc) is 3.43. The molecular weight excluding hydrogens is 856 g/mol. The molecule has 0 radical (unpaired) electrons. The molecule has 342 valence electrons. The minimum absolute atomic E-state index is 0.0782. The van der Waals surface area contributed by atoms with Crippen molar-refractivity contribution in [1.82, 2.24) is 0 Å². The molecule has 0 N–H and O–H groups in total. The zero-order chi connectivity index (χ0) is 48.1. The molecule has 0 aromatic heterocycles. The predicted molar refractivity (Wildman–Crippen MR) is 305 cm³/mol. The minimum atomic E-state index is -0.170. The largest absolute Gasteiger partial charge is 0.311 e. The number of para-hydroxylation sites is 1. The predicted octanol–water partition coefficient (Wildman–Crippen LogP) is 16.7. The van der Waals surface area contributed by atoms with Crippen LogP contribution in [-0.4, -0.2) is 6.71 Å². The molecule has 3 heteroatoms. The molecule has 71 heavy (non-hydrogen) atoms. The number of unbranched alkanes of at least 4 members (excludes halogenated alkanes) is 1. The molecule has 2 aliphatic rings. The highest BCUT2D eigenvalue weighted by Crippen LogP contribution is 2.52. The first-order valence-corrected chi connectivity index (χ1v) is 25.4. The van der Waals surface area contributed by atoms with Crippen molar-refractivity contribution in [3.05, 3.63) is 248 Å². The summed E-state index contributed by atoms with van der Waals surface area (Å²) in [6, 6.07) is 88.5. The SMILES string of the molecule is CCCCc1cc(-c2ccccc2)ccc1N1c2ccc(-c3ccccc3)cc2B2c3cc(-c4ccccc4)ccc3N(c3c(-c4ccccc4)cccc3-c3ccccc3)c3cc(C(C)(C)C)cc1c32. The monoisotopic (exact) mass is 912 g/mol. The zero-order valence-electron chi connectivity index (χ0n) is 41.1. The second-order valence-corrected chi connectivity index (χ2v) is 20.3. The van der Waals surface area contributed by atoms with Crippen molar-refractivity contribution in [3.63, 3.8) is 0 Å². The summed E-state index contributed by atoms with van der Waals surface area (Å²) in [5.74, 6) is 0. The van der Waals surface area contributed by atoms with E-state index in [1.807, 2.05) is 0 Å². The number of hydrogen-bond donors (Lipinski definition) is 0. The smallest absolute Gasteiger partial charge is 0.252 e. The molecule has 2 aliphatic heterocycles. The van der Waals surface area contributed by atoms with Gasteiger partial charge in [0.15, 0.2) is 0 Å². The van der Waals surface area contributed by atoms with Crippen LogP contribution >= 0.6 is 0 Å². The minimum Gasteiger partial charge on any atom is -0.311 e. The van der Waals surface area contributed by atoms with Crippen molar-refractivity contribution < 1.29 is 0 Å².